The average Bonchev–Trinajstić information content (AvgIpc) is 2.44. The van der Waals surface area contributed by atoms with E-state index in [0.29, 0.717) is 31.5 Å². The lowest BCUT2D eigenvalue weighted by Gasteiger charge is -2.24. The van der Waals surface area contributed by atoms with Gasteiger partial charge in [0, 0.05) is 39.8 Å². The highest BCUT2D eigenvalue weighted by Crippen LogP contribution is 2.15. The predicted octanol–water partition coefficient (Wildman–Crippen LogP) is 1.57. The standard InChI is InChI=1S/C13H24ClN5O2/c1-5-19(6-2)12-17-10(14)16-11(18-12)15-9-13(3,20)7-8-21-4/h20H,5-9H2,1-4H3,(H,15,16,17,18). The number of aliphatic hydroxyl groups is 1. The van der Waals surface area contributed by atoms with Crippen LogP contribution in [-0.2, 0) is 4.74 Å². The zero-order valence-corrected chi connectivity index (χ0v) is 13.8. The number of halogens is 1. The van der Waals surface area contributed by atoms with E-state index >= 15 is 0 Å². The summed E-state index contributed by atoms with van der Waals surface area (Å²) < 4.78 is 4.97. The first-order valence-electron chi connectivity index (χ1n) is 7.03. The molecule has 1 unspecified atom stereocenters. The van der Waals surface area contributed by atoms with Gasteiger partial charge in [-0.25, -0.2) is 0 Å². The van der Waals surface area contributed by atoms with Crippen LogP contribution < -0.4 is 10.2 Å². The van der Waals surface area contributed by atoms with Crippen molar-refractivity contribution in [3.63, 3.8) is 0 Å². The largest absolute Gasteiger partial charge is 0.388 e. The van der Waals surface area contributed by atoms with Gasteiger partial charge in [-0.3, -0.25) is 0 Å². The number of nitrogens with zero attached hydrogens (tertiary/aromatic N) is 4. The topological polar surface area (TPSA) is 83.4 Å². The van der Waals surface area contributed by atoms with Gasteiger partial charge in [0.05, 0.1) is 5.60 Å². The van der Waals surface area contributed by atoms with Gasteiger partial charge in [0.2, 0.25) is 17.2 Å². The minimum absolute atomic E-state index is 0.130. The molecule has 0 aliphatic heterocycles. The normalized spacial score (nSPS) is 13.8. The smallest absolute Gasteiger partial charge is 0.231 e. The molecule has 0 aliphatic rings. The Morgan fingerprint density at radius 2 is 1.95 bits per heavy atom. The van der Waals surface area contributed by atoms with Crippen molar-refractivity contribution in [1.29, 1.82) is 0 Å². The van der Waals surface area contributed by atoms with E-state index < -0.39 is 5.60 Å². The van der Waals surface area contributed by atoms with Gasteiger partial charge >= 0.3 is 0 Å². The van der Waals surface area contributed by atoms with Crippen LogP contribution in [0.5, 0.6) is 0 Å². The quantitative estimate of drug-likeness (QED) is 0.715. The molecule has 0 spiro atoms. The molecule has 0 aromatic carbocycles. The second-order valence-electron chi connectivity index (χ2n) is 4.99. The van der Waals surface area contributed by atoms with Crippen LogP contribution >= 0.6 is 11.6 Å². The van der Waals surface area contributed by atoms with E-state index in [9.17, 15) is 5.11 Å². The van der Waals surface area contributed by atoms with E-state index in [2.05, 4.69) is 20.3 Å². The molecule has 0 amide bonds. The van der Waals surface area contributed by atoms with Crippen LogP contribution in [0.2, 0.25) is 5.28 Å². The molecule has 0 aliphatic carbocycles. The molecule has 0 saturated heterocycles. The second-order valence-corrected chi connectivity index (χ2v) is 5.33. The van der Waals surface area contributed by atoms with Crippen molar-refractivity contribution < 1.29 is 9.84 Å². The van der Waals surface area contributed by atoms with Gasteiger partial charge in [-0.2, -0.15) is 15.0 Å². The number of rotatable bonds is 9. The summed E-state index contributed by atoms with van der Waals surface area (Å²) in [5.74, 6) is 0.883. The molecule has 8 heteroatoms. The van der Waals surface area contributed by atoms with Crippen LogP contribution in [0.15, 0.2) is 0 Å². The summed E-state index contributed by atoms with van der Waals surface area (Å²) in [5, 5.41) is 13.3. The first kappa shape index (κ1) is 17.9. The van der Waals surface area contributed by atoms with Crippen molar-refractivity contribution in [3.05, 3.63) is 5.28 Å². The number of hydrogen-bond donors (Lipinski definition) is 2. The highest BCUT2D eigenvalue weighted by Gasteiger charge is 2.20. The maximum Gasteiger partial charge on any atom is 0.231 e. The molecule has 2 N–H and O–H groups in total. The molecule has 1 heterocycles. The number of methoxy groups -OCH3 is 1. The van der Waals surface area contributed by atoms with Crippen molar-refractivity contribution >= 4 is 23.5 Å². The zero-order chi connectivity index (χ0) is 15.9. The molecule has 0 radical (unpaired) electrons. The molecule has 1 aromatic rings. The van der Waals surface area contributed by atoms with Crippen molar-refractivity contribution in [2.75, 3.05) is 43.6 Å². The predicted molar refractivity (Wildman–Crippen MR) is 84.0 cm³/mol. The first-order valence-corrected chi connectivity index (χ1v) is 7.41. The van der Waals surface area contributed by atoms with Crippen LogP contribution in [0.4, 0.5) is 11.9 Å². The maximum atomic E-state index is 10.2. The average molecular weight is 318 g/mol. The fraction of sp³-hybridized carbons (Fsp3) is 0.769. The lowest BCUT2D eigenvalue weighted by molar-refractivity contribution is 0.0356. The Kier molecular flexibility index (Phi) is 7.07. The molecule has 120 valence electrons. The van der Waals surface area contributed by atoms with Crippen molar-refractivity contribution in [2.24, 2.45) is 0 Å². The Morgan fingerprint density at radius 1 is 1.29 bits per heavy atom. The number of anilines is 2. The summed E-state index contributed by atoms with van der Waals surface area (Å²) in [7, 11) is 1.60. The summed E-state index contributed by atoms with van der Waals surface area (Å²) in [4.78, 5) is 14.4. The molecule has 0 bridgehead atoms. The van der Waals surface area contributed by atoms with Crippen molar-refractivity contribution in [3.8, 4) is 0 Å². The number of nitrogens with one attached hydrogen (secondary N) is 1. The minimum atomic E-state index is -0.912. The third-order valence-electron chi connectivity index (χ3n) is 3.11. The molecule has 1 aromatic heterocycles. The van der Waals surface area contributed by atoms with Crippen LogP contribution in [0, 0.1) is 0 Å². The van der Waals surface area contributed by atoms with E-state index in [-0.39, 0.29) is 5.28 Å². The summed E-state index contributed by atoms with van der Waals surface area (Å²) in [6, 6.07) is 0. The molecular formula is C13H24ClN5O2. The molecular weight excluding hydrogens is 294 g/mol. The molecule has 0 saturated carbocycles. The Balaban J connectivity index is 2.75. The van der Waals surface area contributed by atoms with Crippen LogP contribution in [0.1, 0.15) is 27.2 Å². The fourth-order valence-corrected chi connectivity index (χ4v) is 1.90. The molecule has 21 heavy (non-hydrogen) atoms. The van der Waals surface area contributed by atoms with Gasteiger partial charge < -0.3 is 20.1 Å². The zero-order valence-electron chi connectivity index (χ0n) is 13.1. The summed E-state index contributed by atoms with van der Waals surface area (Å²) in [6.07, 6.45) is 0.512. The van der Waals surface area contributed by atoms with E-state index in [1.165, 1.54) is 0 Å². The van der Waals surface area contributed by atoms with Gasteiger partial charge in [0.25, 0.3) is 0 Å². The van der Waals surface area contributed by atoms with E-state index in [0.717, 1.165) is 13.1 Å². The third kappa shape index (κ3) is 5.99. The van der Waals surface area contributed by atoms with E-state index in [1.807, 2.05) is 18.7 Å². The lowest BCUT2D eigenvalue weighted by atomic mass is 10.0. The second kappa shape index (κ2) is 8.31. The Hall–Kier alpha value is -1.18. The fourth-order valence-electron chi connectivity index (χ4n) is 1.75. The van der Waals surface area contributed by atoms with Crippen LogP contribution in [0.3, 0.4) is 0 Å². The summed E-state index contributed by atoms with van der Waals surface area (Å²) in [6.45, 7) is 8.11. The number of ether oxygens (including phenoxy) is 1. The van der Waals surface area contributed by atoms with Crippen molar-refractivity contribution in [2.45, 2.75) is 32.8 Å². The number of aromatic nitrogens is 3. The molecule has 1 rings (SSSR count). The third-order valence-corrected chi connectivity index (χ3v) is 3.28. The van der Waals surface area contributed by atoms with E-state index in [1.54, 1.807) is 14.0 Å². The Morgan fingerprint density at radius 3 is 2.52 bits per heavy atom. The van der Waals surface area contributed by atoms with Gasteiger partial charge in [-0.1, -0.05) is 0 Å². The summed E-state index contributed by atoms with van der Waals surface area (Å²) >= 11 is 5.93. The van der Waals surface area contributed by atoms with Gasteiger partial charge in [-0.15, -0.1) is 0 Å². The highest BCUT2D eigenvalue weighted by atomic mass is 35.5. The molecule has 1 atom stereocenters. The van der Waals surface area contributed by atoms with Crippen molar-refractivity contribution in [1.82, 2.24) is 15.0 Å². The monoisotopic (exact) mass is 317 g/mol. The lowest BCUT2D eigenvalue weighted by Crippen LogP contribution is -2.35. The summed E-state index contributed by atoms with van der Waals surface area (Å²) in [5.41, 5.74) is -0.912. The van der Waals surface area contributed by atoms with E-state index in [4.69, 9.17) is 16.3 Å². The maximum absolute atomic E-state index is 10.2. The Bertz CT molecular complexity index is 441. The first-order chi connectivity index (χ1) is 9.91. The van der Waals surface area contributed by atoms with Crippen LogP contribution in [0.25, 0.3) is 0 Å². The SMILES string of the molecule is CCN(CC)c1nc(Cl)nc(NCC(C)(O)CCOC)n1. The van der Waals surface area contributed by atoms with Gasteiger partial charge in [0.1, 0.15) is 0 Å². The van der Waals surface area contributed by atoms with Gasteiger partial charge in [-0.05, 0) is 32.4 Å². The minimum Gasteiger partial charge on any atom is -0.388 e. The molecule has 7 nitrogen and oxygen atoms in total. The number of hydrogen-bond acceptors (Lipinski definition) is 7. The molecule has 0 fully saturated rings. The highest BCUT2D eigenvalue weighted by molar-refractivity contribution is 6.28. The Labute approximate surface area is 130 Å². The van der Waals surface area contributed by atoms with Gasteiger partial charge in [0.15, 0.2) is 0 Å². The van der Waals surface area contributed by atoms with Crippen LogP contribution in [-0.4, -0.2) is 59.0 Å².